The van der Waals surface area contributed by atoms with Gasteiger partial charge in [0.15, 0.2) is 5.75 Å². The number of ether oxygens (including phenoxy) is 1. The standard InChI is InChI=1S/C13H11N3O6/c14-8-4-9-7(3-10(8)16(20)21)12(17)11(22-13(18)19)5-15(9)6-1-2-6/h3-6H,1-2,14H2,(H,18,19). The number of aromatic nitrogens is 1. The Hall–Kier alpha value is -3.10. The molecule has 1 aromatic carbocycles. The van der Waals surface area contributed by atoms with E-state index in [2.05, 4.69) is 4.74 Å². The first-order valence-electron chi connectivity index (χ1n) is 6.42. The number of rotatable bonds is 3. The van der Waals surface area contributed by atoms with E-state index in [4.69, 9.17) is 10.8 Å². The summed E-state index contributed by atoms with van der Waals surface area (Å²) in [5, 5.41) is 19.7. The third-order valence-corrected chi connectivity index (χ3v) is 3.48. The molecule has 1 aliphatic carbocycles. The Bertz CT molecular complexity index is 868. The minimum atomic E-state index is -1.62. The molecule has 0 bridgehead atoms. The topological polar surface area (TPSA) is 138 Å². The number of pyridine rings is 1. The van der Waals surface area contributed by atoms with Gasteiger partial charge in [0.25, 0.3) is 5.69 Å². The molecule has 114 valence electrons. The Morgan fingerprint density at radius 1 is 1.45 bits per heavy atom. The molecule has 9 heteroatoms. The summed E-state index contributed by atoms with van der Waals surface area (Å²) in [6, 6.07) is 2.51. The largest absolute Gasteiger partial charge is 0.511 e. The SMILES string of the molecule is Nc1cc2c(cc1[N+](=O)[O-])c(=O)c(OC(=O)O)cn2C1CC1. The first-order chi connectivity index (χ1) is 10.4. The monoisotopic (exact) mass is 305 g/mol. The molecule has 2 aromatic rings. The summed E-state index contributed by atoms with van der Waals surface area (Å²) in [5.41, 5.74) is 4.90. The van der Waals surface area contributed by atoms with Gasteiger partial charge >= 0.3 is 6.16 Å². The van der Waals surface area contributed by atoms with Gasteiger partial charge in [-0.1, -0.05) is 0 Å². The normalized spacial score (nSPS) is 14.0. The van der Waals surface area contributed by atoms with Gasteiger partial charge < -0.3 is 20.1 Å². The van der Waals surface area contributed by atoms with Gasteiger partial charge in [-0.2, -0.15) is 0 Å². The van der Waals surface area contributed by atoms with Crippen molar-refractivity contribution in [3.05, 3.63) is 38.7 Å². The fourth-order valence-corrected chi connectivity index (χ4v) is 2.36. The molecule has 3 rings (SSSR count). The molecule has 0 unspecified atom stereocenters. The summed E-state index contributed by atoms with van der Waals surface area (Å²) >= 11 is 0. The van der Waals surface area contributed by atoms with E-state index < -0.39 is 22.2 Å². The molecular weight excluding hydrogens is 294 g/mol. The lowest BCUT2D eigenvalue weighted by molar-refractivity contribution is -0.383. The Morgan fingerprint density at radius 2 is 2.14 bits per heavy atom. The van der Waals surface area contributed by atoms with Crippen molar-refractivity contribution in [1.82, 2.24) is 4.57 Å². The van der Waals surface area contributed by atoms with Crippen LogP contribution in [0.5, 0.6) is 5.75 Å². The first kappa shape index (κ1) is 13.9. The van der Waals surface area contributed by atoms with Crippen molar-refractivity contribution in [3.63, 3.8) is 0 Å². The van der Waals surface area contributed by atoms with Crippen molar-refractivity contribution in [2.75, 3.05) is 5.73 Å². The molecule has 0 radical (unpaired) electrons. The van der Waals surface area contributed by atoms with Gasteiger partial charge in [-0.15, -0.1) is 0 Å². The van der Waals surface area contributed by atoms with Crippen LogP contribution in [0.1, 0.15) is 18.9 Å². The number of anilines is 1. The highest BCUT2D eigenvalue weighted by molar-refractivity contribution is 5.88. The van der Waals surface area contributed by atoms with Crippen LogP contribution in [0.25, 0.3) is 10.9 Å². The molecule has 1 aromatic heterocycles. The van der Waals surface area contributed by atoms with Crippen molar-refractivity contribution in [3.8, 4) is 5.75 Å². The summed E-state index contributed by atoms with van der Waals surface area (Å²) in [6.07, 6.45) is 1.41. The second kappa shape index (κ2) is 4.72. The molecule has 9 nitrogen and oxygen atoms in total. The number of hydrogen-bond acceptors (Lipinski definition) is 6. The van der Waals surface area contributed by atoms with E-state index in [0.29, 0.717) is 5.52 Å². The number of carbonyl (C=O) groups is 1. The number of carboxylic acid groups (broad SMARTS) is 1. The smallest absolute Gasteiger partial charge is 0.449 e. The van der Waals surface area contributed by atoms with Crippen molar-refractivity contribution in [2.24, 2.45) is 0 Å². The van der Waals surface area contributed by atoms with E-state index in [9.17, 15) is 19.7 Å². The number of benzene rings is 1. The van der Waals surface area contributed by atoms with Gasteiger partial charge in [-0.05, 0) is 18.9 Å². The van der Waals surface area contributed by atoms with Gasteiger partial charge in [0, 0.05) is 12.1 Å². The van der Waals surface area contributed by atoms with Crippen LogP contribution in [0.15, 0.2) is 23.1 Å². The van der Waals surface area contributed by atoms with Crippen LogP contribution in [0, 0.1) is 10.1 Å². The van der Waals surface area contributed by atoms with Crippen LogP contribution in [-0.2, 0) is 0 Å². The minimum Gasteiger partial charge on any atom is -0.449 e. The molecule has 1 fully saturated rings. The average Bonchev–Trinajstić information content (AvgIpc) is 3.25. The zero-order valence-corrected chi connectivity index (χ0v) is 11.2. The molecule has 0 amide bonds. The number of nitrogen functional groups attached to an aromatic ring is 1. The number of nitro groups is 1. The predicted molar refractivity (Wildman–Crippen MR) is 76.2 cm³/mol. The van der Waals surface area contributed by atoms with E-state index in [0.717, 1.165) is 18.9 Å². The average molecular weight is 305 g/mol. The number of hydrogen-bond donors (Lipinski definition) is 2. The molecular formula is C13H11N3O6. The van der Waals surface area contributed by atoms with Gasteiger partial charge in [-0.3, -0.25) is 14.9 Å². The van der Waals surface area contributed by atoms with Crippen LogP contribution in [0.3, 0.4) is 0 Å². The van der Waals surface area contributed by atoms with Crippen LogP contribution in [-0.4, -0.2) is 20.8 Å². The lowest BCUT2D eigenvalue weighted by atomic mass is 10.1. The molecule has 22 heavy (non-hydrogen) atoms. The van der Waals surface area contributed by atoms with Gasteiger partial charge in [0.1, 0.15) is 5.69 Å². The maximum absolute atomic E-state index is 12.3. The maximum atomic E-state index is 12.3. The summed E-state index contributed by atoms with van der Waals surface area (Å²) < 4.78 is 6.16. The molecule has 0 atom stereocenters. The fourth-order valence-electron chi connectivity index (χ4n) is 2.36. The van der Waals surface area contributed by atoms with E-state index in [1.165, 1.54) is 12.3 Å². The highest BCUT2D eigenvalue weighted by Crippen LogP contribution is 2.39. The third kappa shape index (κ3) is 2.22. The third-order valence-electron chi connectivity index (χ3n) is 3.48. The summed E-state index contributed by atoms with van der Waals surface area (Å²) in [7, 11) is 0. The Kier molecular flexibility index (Phi) is 2.98. The number of nitrogens with two attached hydrogens (primary N) is 1. The molecule has 3 N–H and O–H groups in total. The quantitative estimate of drug-likeness (QED) is 0.382. The van der Waals surface area contributed by atoms with Crippen molar-refractivity contribution < 1.29 is 19.6 Å². The molecule has 1 saturated carbocycles. The Labute approximate surface area is 122 Å². The molecule has 1 heterocycles. The first-order valence-corrected chi connectivity index (χ1v) is 6.42. The van der Waals surface area contributed by atoms with Gasteiger partial charge in [-0.25, -0.2) is 4.79 Å². The zero-order chi connectivity index (χ0) is 16.0. The second-order valence-corrected chi connectivity index (χ2v) is 5.01. The van der Waals surface area contributed by atoms with Crippen molar-refractivity contribution in [2.45, 2.75) is 18.9 Å². The minimum absolute atomic E-state index is 0.00606. The van der Waals surface area contributed by atoms with E-state index in [1.54, 1.807) is 4.57 Å². The highest BCUT2D eigenvalue weighted by atomic mass is 16.7. The molecule has 0 spiro atoms. The lowest BCUT2D eigenvalue weighted by Gasteiger charge is -2.12. The van der Waals surface area contributed by atoms with Crippen LogP contribution in [0.4, 0.5) is 16.2 Å². The summed E-state index contributed by atoms with van der Waals surface area (Å²) in [4.78, 5) is 33.2. The number of nitro benzene ring substituents is 1. The van der Waals surface area contributed by atoms with E-state index in [1.807, 2.05) is 0 Å². The zero-order valence-electron chi connectivity index (χ0n) is 11.2. The lowest BCUT2D eigenvalue weighted by Crippen LogP contribution is -2.16. The van der Waals surface area contributed by atoms with Crippen LogP contribution >= 0.6 is 0 Å². The second-order valence-electron chi connectivity index (χ2n) is 5.01. The Balaban J connectivity index is 2.35. The Morgan fingerprint density at radius 3 is 2.68 bits per heavy atom. The molecule has 0 aliphatic heterocycles. The number of fused-ring (bicyclic) bond motifs is 1. The van der Waals surface area contributed by atoms with E-state index in [-0.39, 0.29) is 22.9 Å². The number of nitrogens with zero attached hydrogens (tertiary/aromatic N) is 2. The summed E-state index contributed by atoms with van der Waals surface area (Å²) in [5.74, 6) is -0.383. The highest BCUT2D eigenvalue weighted by Gasteiger charge is 2.27. The van der Waals surface area contributed by atoms with Gasteiger partial charge in [0.2, 0.25) is 5.43 Å². The molecule has 1 aliphatic rings. The summed E-state index contributed by atoms with van der Waals surface area (Å²) in [6.45, 7) is 0. The predicted octanol–water partition coefficient (Wildman–Crippen LogP) is 1.88. The van der Waals surface area contributed by atoms with Crippen molar-refractivity contribution in [1.29, 1.82) is 0 Å². The van der Waals surface area contributed by atoms with E-state index >= 15 is 0 Å². The van der Waals surface area contributed by atoms with Crippen LogP contribution < -0.4 is 15.9 Å². The van der Waals surface area contributed by atoms with Gasteiger partial charge in [0.05, 0.1) is 22.0 Å². The fraction of sp³-hybridized carbons (Fsp3) is 0.231. The maximum Gasteiger partial charge on any atom is 0.511 e. The van der Waals surface area contributed by atoms with Crippen molar-refractivity contribution >= 4 is 28.4 Å². The van der Waals surface area contributed by atoms with Crippen LogP contribution in [0.2, 0.25) is 0 Å². The molecule has 0 saturated heterocycles.